The summed E-state index contributed by atoms with van der Waals surface area (Å²) in [5.41, 5.74) is 1.04. The Morgan fingerprint density at radius 1 is 0.906 bits per heavy atom. The summed E-state index contributed by atoms with van der Waals surface area (Å²) in [6, 6.07) is 10.2. The van der Waals surface area contributed by atoms with Crippen LogP contribution in [-0.4, -0.2) is 61.8 Å². The summed E-state index contributed by atoms with van der Waals surface area (Å²) in [5, 5.41) is 0. The van der Waals surface area contributed by atoms with E-state index in [4.69, 9.17) is 9.47 Å². The smallest absolute Gasteiger partial charge is 0.410 e. The van der Waals surface area contributed by atoms with E-state index in [1.54, 1.807) is 0 Å². The summed E-state index contributed by atoms with van der Waals surface area (Å²) in [4.78, 5) is 17.1. The van der Waals surface area contributed by atoms with E-state index in [1.165, 1.54) is 25.8 Å². The van der Waals surface area contributed by atoms with Gasteiger partial charge in [-0.3, -0.25) is 0 Å². The molecule has 1 aromatic rings. The normalized spacial score (nSPS) is 18.6. The summed E-state index contributed by atoms with van der Waals surface area (Å²) in [6.45, 7) is 5.38. The zero-order valence-corrected chi connectivity index (χ0v) is 20.8. The van der Waals surface area contributed by atoms with Crippen molar-refractivity contribution in [1.82, 2.24) is 9.80 Å². The van der Waals surface area contributed by atoms with Crippen molar-refractivity contribution in [2.24, 2.45) is 0 Å². The van der Waals surface area contributed by atoms with Gasteiger partial charge in [-0.25, -0.2) is 4.79 Å². The van der Waals surface area contributed by atoms with Gasteiger partial charge in [-0.05, 0) is 71.1 Å². The van der Waals surface area contributed by atoms with Crippen molar-refractivity contribution >= 4 is 6.09 Å². The Hall–Kier alpha value is -1.59. The second kappa shape index (κ2) is 16.1. The second-order valence-corrected chi connectivity index (χ2v) is 9.46. The highest BCUT2D eigenvalue weighted by molar-refractivity contribution is 5.68. The van der Waals surface area contributed by atoms with Gasteiger partial charge in [0.2, 0.25) is 0 Å². The molecule has 1 aliphatic rings. The number of hydrogen-bond donors (Lipinski definition) is 0. The van der Waals surface area contributed by atoms with Gasteiger partial charge in [0.05, 0.1) is 6.10 Å². The highest BCUT2D eigenvalue weighted by Crippen LogP contribution is 2.26. The Bertz CT molecular complexity index is 600. The van der Waals surface area contributed by atoms with Crippen molar-refractivity contribution < 1.29 is 14.3 Å². The van der Waals surface area contributed by atoms with E-state index in [1.807, 2.05) is 35.2 Å². The number of nitrogens with zero attached hydrogens (tertiary/aromatic N) is 2. The van der Waals surface area contributed by atoms with Crippen LogP contribution in [0.1, 0.15) is 83.1 Å². The minimum absolute atomic E-state index is 0.160. The quantitative estimate of drug-likeness (QED) is 0.298. The maximum absolute atomic E-state index is 12.9. The molecule has 182 valence electrons. The fourth-order valence-electron chi connectivity index (χ4n) is 4.41. The maximum atomic E-state index is 12.9. The lowest BCUT2D eigenvalue weighted by molar-refractivity contribution is 0.00303. The monoisotopic (exact) mass is 446 g/mol. The third-order valence-corrected chi connectivity index (χ3v) is 6.38. The molecule has 5 heteroatoms. The number of rotatable bonds is 15. The minimum Gasteiger partial charge on any atom is -0.445 e. The number of ether oxygens (including phenoxy) is 2. The first kappa shape index (κ1) is 26.7. The summed E-state index contributed by atoms with van der Waals surface area (Å²) in [7, 11) is 4.26. The average molecular weight is 447 g/mol. The molecular weight excluding hydrogens is 400 g/mol. The molecule has 0 saturated heterocycles. The van der Waals surface area contributed by atoms with Crippen molar-refractivity contribution in [2.75, 3.05) is 33.8 Å². The molecule has 1 fully saturated rings. The second-order valence-electron chi connectivity index (χ2n) is 9.46. The first-order valence-electron chi connectivity index (χ1n) is 12.8. The minimum atomic E-state index is -0.160. The fraction of sp³-hybridized carbons (Fsp3) is 0.741. The van der Waals surface area contributed by atoms with Gasteiger partial charge in [-0.1, -0.05) is 62.9 Å². The highest BCUT2D eigenvalue weighted by atomic mass is 16.6. The van der Waals surface area contributed by atoms with Gasteiger partial charge in [0.25, 0.3) is 0 Å². The summed E-state index contributed by atoms with van der Waals surface area (Å²) >= 11 is 0. The zero-order valence-electron chi connectivity index (χ0n) is 20.8. The van der Waals surface area contributed by atoms with Gasteiger partial charge in [0, 0.05) is 19.2 Å². The number of hydrogen-bond acceptors (Lipinski definition) is 4. The lowest BCUT2D eigenvalue weighted by Crippen LogP contribution is -2.44. The zero-order chi connectivity index (χ0) is 23.0. The molecule has 5 nitrogen and oxygen atoms in total. The number of benzene rings is 1. The number of carbonyl (C=O) groups is 1. The molecular formula is C27H46N2O3. The molecule has 1 saturated carbocycles. The van der Waals surface area contributed by atoms with Gasteiger partial charge >= 0.3 is 6.09 Å². The van der Waals surface area contributed by atoms with E-state index < -0.39 is 0 Å². The number of carbonyl (C=O) groups excluding carboxylic acids is 1. The van der Waals surface area contributed by atoms with Crippen LogP contribution in [0.15, 0.2) is 30.3 Å². The number of amides is 1. The van der Waals surface area contributed by atoms with Gasteiger partial charge in [0.15, 0.2) is 0 Å². The Kier molecular flexibility index (Phi) is 13.4. The lowest BCUT2D eigenvalue weighted by atomic mass is 9.91. The summed E-state index contributed by atoms with van der Waals surface area (Å²) in [6.07, 6.45) is 12.6. The molecule has 0 bridgehead atoms. The Morgan fingerprint density at radius 2 is 1.59 bits per heavy atom. The molecule has 0 aliphatic heterocycles. The summed E-state index contributed by atoms with van der Waals surface area (Å²) < 4.78 is 11.8. The van der Waals surface area contributed by atoms with Crippen molar-refractivity contribution in [3.8, 4) is 0 Å². The molecule has 0 radical (unpaired) electrons. The van der Waals surface area contributed by atoms with Crippen LogP contribution < -0.4 is 0 Å². The van der Waals surface area contributed by atoms with Gasteiger partial charge < -0.3 is 19.3 Å². The largest absolute Gasteiger partial charge is 0.445 e. The van der Waals surface area contributed by atoms with E-state index in [0.717, 1.165) is 70.1 Å². The molecule has 0 spiro atoms. The van der Waals surface area contributed by atoms with E-state index in [-0.39, 0.29) is 12.1 Å². The predicted octanol–water partition coefficient (Wildman–Crippen LogP) is 6.27. The maximum Gasteiger partial charge on any atom is 0.410 e. The highest BCUT2D eigenvalue weighted by Gasteiger charge is 2.29. The molecule has 2 rings (SSSR count). The molecule has 0 aromatic heterocycles. The van der Waals surface area contributed by atoms with E-state index in [9.17, 15) is 4.79 Å². The molecule has 1 aromatic carbocycles. The lowest BCUT2D eigenvalue weighted by Gasteiger charge is -2.36. The topological polar surface area (TPSA) is 42.0 Å². The SMILES string of the molecule is CCCCCN(C(=O)OCc1ccccc1)[C@H]1CC[C@H](OCCCCCCN(C)C)CC1. The van der Waals surface area contributed by atoms with Crippen molar-refractivity contribution in [3.05, 3.63) is 35.9 Å². The molecule has 32 heavy (non-hydrogen) atoms. The Morgan fingerprint density at radius 3 is 2.28 bits per heavy atom. The van der Waals surface area contributed by atoms with Crippen LogP contribution in [0.3, 0.4) is 0 Å². The van der Waals surface area contributed by atoms with Crippen molar-refractivity contribution in [1.29, 1.82) is 0 Å². The van der Waals surface area contributed by atoms with Gasteiger partial charge in [-0.15, -0.1) is 0 Å². The standard InChI is InChI=1S/C27H46N2O3/c1-4-5-11-21-29(27(30)32-23-24-14-9-8-10-15-24)25-16-18-26(19-17-25)31-22-13-7-6-12-20-28(2)3/h8-10,14-15,25-26H,4-7,11-13,16-23H2,1-3H3/t25-,26-. The first-order valence-corrected chi connectivity index (χ1v) is 12.8. The number of unbranched alkanes of at least 4 members (excludes halogenated alkanes) is 5. The van der Waals surface area contributed by atoms with Crippen molar-refractivity contribution in [3.63, 3.8) is 0 Å². The summed E-state index contributed by atoms with van der Waals surface area (Å²) in [5.74, 6) is 0. The van der Waals surface area contributed by atoms with Crippen LogP contribution in [0.5, 0.6) is 0 Å². The van der Waals surface area contributed by atoms with Crippen LogP contribution in [0, 0.1) is 0 Å². The van der Waals surface area contributed by atoms with Crippen LogP contribution >= 0.6 is 0 Å². The third-order valence-electron chi connectivity index (χ3n) is 6.38. The fourth-order valence-corrected chi connectivity index (χ4v) is 4.41. The van der Waals surface area contributed by atoms with Crippen LogP contribution in [-0.2, 0) is 16.1 Å². The van der Waals surface area contributed by atoms with Crippen LogP contribution in [0.25, 0.3) is 0 Å². The Balaban J connectivity index is 1.70. The molecule has 0 N–H and O–H groups in total. The van der Waals surface area contributed by atoms with Crippen molar-refractivity contribution in [2.45, 2.75) is 96.3 Å². The van der Waals surface area contributed by atoms with E-state index in [0.29, 0.717) is 12.7 Å². The van der Waals surface area contributed by atoms with Crippen LogP contribution in [0.2, 0.25) is 0 Å². The average Bonchev–Trinajstić information content (AvgIpc) is 2.81. The molecule has 0 unspecified atom stereocenters. The molecule has 1 amide bonds. The van der Waals surface area contributed by atoms with Gasteiger partial charge in [0.1, 0.15) is 6.61 Å². The molecule has 1 aliphatic carbocycles. The first-order chi connectivity index (χ1) is 15.6. The van der Waals surface area contributed by atoms with Crippen LogP contribution in [0.4, 0.5) is 4.79 Å². The van der Waals surface area contributed by atoms with Gasteiger partial charge in [-0.2, -0.15) is 0 Å². The Labute approximate surface area is 196 Å². The van der Waals surface area contributed by atoms with E-state index in [2.05, 4.69) is 25.9 Å². The molecule has 0 atom stereocenters. The molecule has 0 heterocycles. The predicted molar refractivity (Wildman–Crippen MR) is 132 cm³/mol. The van der Waals surface area contributed by atoms with E-state index >= 15 is 0 Å². The third kappa shape index (κ3) is 10.8.